The highest BCUT2D eigenvalue weighted by molar-refractivity contribution is 8.17. The second-order valence-corrected chi connectivity index (χ2v) is 9.62. The van der Waals surface area contributed by atoms with Crippen LogP contribution in [0.5, 0.6) is 0 Å². The van der Waals surface area contributed by atoms with Crippen LogP contribution in [-0.2, 0) is 14.8 Å². The first-order valence-electron chi connectivity index (χ1n) is 9.79. The Morgan fingerprint density at radius 1 is 1.00 bits per heavy atom. The van der Waals surface area contributed by atoms with Crippen LogP contribution in [-0.4, -0.2) is 14.3 Å². The van der Waals surface area contributed by atoms with Gasteiger partial charge in [-0.1, -0.05) is 45.2 Å². The van der Waals surface area contributed by atoms with E-state index in [4.69, 9.17) is 0 Å². The molecule has 28 heavy (non-hydrogen) atoms. The lowest BCUT2D eigenvalue weighted by atomic mass is 9.88. The monoisotopic (exact) mass is 418 g/mol. The minimum absolute atomic E-state index is 0.0630. The molecule has 5 nitrogen and oxygen atoms in total. The van der Waals surface area contributed by atoms with Crippen molar-refractivity contribution in [2.75, 3.05) is 9.03 Å². The highest BCUT2D eigenvalue weighted by Gasteiger charge is 2.35. The molecule has 0 radical (unpaired) electrons. The van der Waals surface area contributed by atoms with Gasteiger partial charge in [-0.05, 0) is 49.2 Å². The summed E-state index contributed by atoms with van der Waals surface area (Å²) in [6.07, 6.45) is 5.34. The van der Waals surface area contributed by atoms with Crippen LogP contribution >= 0.6 is 11.9 Å². The van der Waals surface area contributed by atoms with Crippen LogP contribution < -0.4 is 9.03 Å². The summed E-state index contributed by atoms with van der Waals surface area (Å²) in [6.45, 7) is 4.00. The van der Waals surface area contributed by atoms with Crippen LogP contribution in [0.3, 0.4) is 0 Å². The fourth-order valence-corrected chi connectivity index (χ4v) is 6.59. The molecule has 1 heterocycles. The van der Waals surface area contributed by atoms with E-state index in [1.807, 2.05) is 19.9 Å². The van der Waals surface area contributed by atoms with Gasteiger partial charge in [0.05, 0.1) is 10.6 Å². The van der Waals surface area contributed by atoms with Gasteiger partial charge in [0, 0.05) is 23.6 Å². The maximum atomic E-state index is 12.7. The molecule has 1 aliphatic heterocycles. The van der Waals surface area contributed by atoms with E-state index >= 15 is 0 Å². The van der Waals surface area contributed by atoms with E-state index in [0.717, 1.165) is 30.6 Å². The fourth-order valence-electron chi connectivity index (χ4n) is 3.43. The highest BCUT2D eigenvalue weighted by Crippen LogP contribution is 2.44. The standard InChI is InChI=1S/C19H20N2O3S2.C2H6/c22-19(14-6-2-1-3-7-14)20-15-10-12-16(13-11-15)21-25-17-8-4-5-9-18(17)26(21,23)24;1-2/h4-5,8-14H,1-3,6-7H2,(H,20,22);1-2H3. The summed E-state index contributed by atoms with van der Waals surface area (Å²) in [4.78, 5) is 13.4. The molecule has 1 aliphatic carbocycles. The third-order valence-electron chi connectivity index (χ3n) is 4.85. The summed E-state index contributed by atoms with van der Waals surface area (Å²) < 4.78 is 26.7. The number of rotatable bonds is 3. The number of amides is 1. The smallest absolute Gasteiger partial charge is 0.275 e. The first kappa shape index (κ1) is 20.7. The van der Waals surface area contributed by atoms with Gasteiger partial charge < -0.3 is 5.32 Å². The molecule has 4 rings (SSSR count). The lowest BCUT2D eigenvalue weighted by molar-refractivity contribution is -0.120. The Kier molecular flexibility index (Phi) is 6.67. The van der Waals surface area contributed by atoms with Crippen LogP contribution in [0, 0.1) is 5.92 Å². The van der Waals surface area contributed by atoms with Gasteiger partial charge in [-0.2, -0.15) is 0 Å². The van der Waals surface area contributed by atoms with Crippen molar-refractivity contribution in [1.82, 2.24) is 0 Å². The van der Waals surface area contributed by atoms with Crippen molar-refractivity contribution in [2.24, 2.45) is 5.92 Å². The Labute approximate surface area is 171 Å². The van der Waals surface area contributed by atoms with E-state index in [0.29, 0.717) is 16.3 Å². The number of nitrogens with zero attached hydrogens (tertiary/aromatic N) is 1. The zero-order valence-corrected chi connectivity index (χ0v) is 17.9. The number of anilines is 2. The third kappa shape index (κ3) is 4.20. The fraction of sp³-hybridized carbons (Fsp3) is 0.381. The van der Waals surface area contributed by atoms with E-state index in [9.17, 15) is 13.2 Å². The van der Waals surface area contributed by atoms with Crippen LogP contribution in [0.4, 0.5) is 11.4 Å². The number of nitrogens with one attached hydrogen (secondary N) is 1. The molecular weight excluding hydrogens is 392 g/mol. The maximum absolute atomic E-state index is 12.7. The van der Waals surface area contributed by atoms with Gasteiger partial charge in [-0.3, -0.25) is 4.79 Å². The van der Waals surface area contributed by atoms with E-state index in [-0.39, 0.29) is 11.8 Å². The second-order valence-electron chi connectivity index (χ2n) is 6.64. The van der Waals surface area contributed by atoms with E-state index < -0.39 is 10.0 Å². The Morgan fingerprint density at radius 3 is 2.29 bits per heavy atom. The minimum Gasteiger partial charge on any atom is -0.326 e. The summed E-state index contributed by atoms with van der Waals surface area (Å²) in [5.74, 6) is 0.153. The van der Waals surface area contributed by atoms with E-state index in [2.05, 4.69) is 5.32 Å². The number of hydrogen-bond donors (Lipinski definition) is 1. The van der Waals surface area contributed by atoms with Gasteiger partial charge in [0.25, 0.3) is 10.0 Å². The molecule has 0 bridgehead atoms. The molecule has 1 N–H and O–H groups in total. The molecule has 1 amide bonds. The molecule has 0 aromatic heterocycles. The number of hydrogen-bond acceptors (Lipinski definition) is 4. The van der Waals surface area contributed by atoms with Crippen LogP contribution in [0.25, 0.3) is 0 Å². The molecule has 0 spiro atoms. The predicted octanol–water partition coefficient (Wildman–Crippen LogP) is 5.45. The molecular formula is C21H26N2O3S2. The largest absolute Gasteiger partial charge is 0.326 e. The van der Waals surface area contributed by atoms with Crippen molar-refractivity contribution in [1.29, 1.82) is 0 Å². The van der Waals surface area contributed by atoms with Crippen molar-refractivity contribution < 1.29 is 13.2 Å². The van der Waals surface area contributed by atoms with Gasteiger partial charge in [-0.25, -0.2) is 12.1 Å². The SMILES string of the molecule is CC.O=C(Nc1ccc(N2Sc3ccccc3S2(=O)=O)cc1)C1CCCCC1. The second kappa shape index (κ2) is 9.01. The molecule has 150 valence electrons. The number of sulfonamides is 1. The average Bonchev–Trinajstić information content (AvgIpc) is 3.02. The van der Waals surface area contributed by atoms with Gasteiger partial charge >= 0.3 is 0 Å². The lowest BCUT2D eigenvalue weighted by Gasteiger charge is -2.21. The Bertz CT molecular complexity index is 921. The molecule has 1 saturated carbocycles. The molecule has 0 unspecified atom stereocenters. The van der Waals surface area contributed by atoms with Crippen molar-refractivity contribution in [3.05, 3.63) is 48.5 Å². The number of carbonyl (C=O) groups excluding carboxylic acids is 1. The van der Waals surface area contributed by atoms with E-state index in [1.54, 1.807) is 42.5 Å². The molecule has 0 atom stereocenters. The Balaban J connectivity index is 0.00000109. The van der Waals surface area contributed by atoms with Gasteiger partial charge in [0.15, 0.2) is 0 Å². The highest BCUT2D eigenvalue weighted by atomic mass is 32.3. The van der Waals surface area contributed by atoms with Crippen molar-refractivity contribution >= 4 is 39.3 Å². The first-order valence-corrected chi connectivity index (χ1v) is 12.0. The summed E-state index contributed by atoms with van der Waals surface area (Å²) in [7, 11) is -3.54. The first-order chi connectivity index (χ1) is 13.6. The molecule has 2 aromatic rings. The molecule has 0 saturated heterocycles. The maximum Gasteiger partial charge on any atom is 0.275 e. The topological polar surface area (TPSA) is 66.5 Å². The normalized spacial score (nSPS) is 18.0. The van der Waals surface area contributed by atoms with Crippen molar-refractivity contribution in [2.45, 2.75) is 55.7 Å². The predicted molar refractivity (Wildman–Crippen MR) is 115 cm³/mol. The lowest BCUT2D eigenvalue weighted by Crippen LogP contribution is -2.24. The Morgan fingerprint density at radius 2 is 1.64 bits per heavy atom. The van der Waals surface area contributed by atoms with Gasteiger partial charge in [0.1, 0.15) is 4.90 Å². The van der Waals surface area contributed by atoms with E-state index in [1.165, 1.54) is 22.1 Å². The summed E-state index contributed by atoms with van der Waals surface area (Å²) in [5, 5.41) is 2.95. The van der Waals surface area contributed by atoms with Crippen LogP contribution in [0.15, 0.2) is 58.3 Å². The minimum atomic E-state index is -3.54. The van der Waals surface area contributed by atoms with Crippen molar-refractivity contribution in [3.8, 4) is 0 Å². The molecule has 2 aromatic carbocycles. The zero-order valence-electron chi connectivity index (χ0n) is 16.2. The number of carbonyl (C=O) groups is 1. The third-order valence-corrected chi connectivity index (χ3v) is 8.28. The summed E-state index contributed by atoms with van der Waals surface area (Å²) in [6, 6.07) is 14.0. The van der Waals surface area contributed by atoms with Crippen LogP contribution in [0.1, 0.15) is 46.0 Å². The molecule has 2 aliphatic rings. The summed E-state index contributed by atoms with van der Waals surface area (Å²) in [5.41, 5.74) is 1.27. The average molecular weight is 419 g/mol. The van der Waals surface area contributed by atoms with Gasteiger partial charge in [-0.15, -0.1) is 0 Å². The quantitative estimate of drug-likeness (QED) is 0.673. The summed E-state index contributed by atoms with van der Waals surface area (Å²) >= 11 is 1.20. The van der Waals surface area contributed by atoms with Gasteiger partial charge in [0.2, 0.25) is 5.91 Å². The molecule has 1 fully saturated rings. The number of benzene rings is 2. The van der Waals surface area contributed by atoms with Crippen molar-refractivity contribution in [3.63, 3.8) is 0 Å². The zero-order chi connectivity index (χ0) is 20.1. The number of fused-ring (bicyclic) bond motifs is 1. The molecule has 7 heteroatoms. The Hall–Kier alpha value is -1.99. The van der Waals surface area contributed by atoms with Crippen LogP contribution in [0.2, 0.25) is 0 Å².